The van der Waals surface area contributed by atoms with Crippen LogP contribution in [-0.4, -0.2) is 20.3 Å². The number of nitrogens with one attached hydrogen (secondary N) is 1. The Kier molecular flexibility index (Phi) is 7.81. The minimum absolute atomic E-state index is 0.655. The van der Waals surface area contributed by atoms with Crippen LogP contribution in [-0.2, 0) is 6.54 Å². The molecule has 0 fully saturated rings. The number of rotatable bonds is 10. The standard InChI is InChI=1S/C17H27NO2/c1-5-6-7-10-20-17-11-15(8-9-16(17)19-4)13-18-12-14(2)3/h5,8-9,11,14,18H,1,6-7,10,12-13H2,2-4H3. The van der Waals surface area contributed by atoms with E-state index in [4.69, 9.17) is 9.47 Å². The number of ether oxygens (including phenoxy) is 2. The van der Waals surface area contributed by atoms with Gasteiger partial charge < -0.3 is 14.8 Å². The molecule has 0 heterocycles. The smallest absolute Gasteiger partial charge is 0.161 e. The number of benzene rings is 1. The van der Waals surface area contributed by atoms with Crippen molar-refractivity contribution in [3.8, 4) is 11.5 Å². The molecule has 3 nitrogen and oxygen atoms in total. The fourth-order valence-electron chi connectivity index (χ4n) is 1.86. The van der Waals surface area contributed by atoms with E-state index in [1.165, 1.54) is 5.56 Å². The van der Waals surface area contributed by atoms with Crippen LogP contribution in [0.3, 0.4) is 0 Å². The first-order chi connectivity index (χ1) is 9.67. The van der Waals surface area contributed by atoms with Gasteiger partial charge in [0.05, 0.1) is 13.7 Å². The van der Waals surface area contributed by atoms with Gasteiger partial charge in [-0.2, -0.15) is 0 Å². The van der Waals surface area contributed by atoms with Crippen molar-refractivity contribution >= 4 is 0 Å². The van der Waals surface area contributed by atoms with E-state index in [0.29, 0.717) is 12.5 Å². The highest BCUT2D eigenvalue weighted by molar-refractivity contribution is 5.42. The molecule has 1 rings (SSSR count). The highest BCUT2D eigenvalue weighted by Gasteiger charge is 2.06. The number of allylic oxidation sites excluding steroid dienone is 1. The van der Waals surface area contributed by atoms with Gasteiger partial charge in [-0.15, -0.1) is 6.58 Å². The van der Waals surface area contributed by atoms with E-state index in [1.807, 2.05) is 12.1 Å². The molecule has 0 spiro atoms. The van der Waals surface area contributed by atoms with Crippen LogP contribution in [0.15, 0.2) is 30.9 Å². The maximum Gasteiger partial charge on any atom is 0.161 e. The average molecular weight is 277 g/mol. The number of unbranched alkanes of at least 4 members (excludes halogenated alkanes) is 1. The fourth-order valence-corrected chi connectivity index (χ4v) is 1.86. The van der Waals surface area contributed by atoms with Crippen molar-refractivity contribution in [1.82, 2.24) is 5.32 Å². The van der Waals surface area contributed by atoms with Gasteiger partial charge in [-0.25, -0.2) is 0 Å². The summed E-state index contributed by atoms with van der Waals surface area (Å²) < 4.78 is 11.1. The monoisotopic (exact) mass is 277 g/mol. The van der Waals surface area contributed by atoms with Gasteiger partial charge in [0.25, 0.3) is 0 Å². The molecular formula is C17H27NO2. The summed E-state index contributed by atoms with van der Waals surface area (Å²) in [5, 5.41) is 3.43. The topological polar surface area (TPSA) is 30.5 Å². The zero-order chi connectivity index (χ0) is 14.8. The minimum Gasteiger partial charge on any atom is -0.493 e. The lowest BCUT2D eigenvalue weighted by molar-refractivity contribution is 0.290. The summed E-state index contributed by atoms with van der Waals surface area (Å²) in [6.45, 7) is 10.7. The summed E-state index contributed by atoms with van der Waals surface area (Å²) in [5.41, 5.74) is 1.21. The van der Waals surface area contributed by atoms with Crippen LogP contribution in [0.2, 0.25) is 0 Å². The van der Waals surface area contributed by atoms with E-state index >= 15 is 0 Å². The van der Waals surface area contributed by atoms with E-state index in [-0.39, 0.29) is 0 Å². The summed E-state index contributed by atoms with van der Waals surface area (Å²) in [6.07, 6.45) is 3.85. The molecule has 0 amide bonds. The molecule has 20 heavy (non-hydrogen) atoms. The van der Waals surface area contributed by atoms with Crippen molar-refractivity contribution in [2.45, 2.75) is 33.2 Å². The Labute approximate surface area is 123 Å². The fraction of sp³-hybridized carbons (Fsp3) is 0.529. The second kappa shape index (κ2) is 9.43. The van der Waals surface area contributed by atoms with Crippen LogP contribution < -0.4 is 14.8 Å². The molecule has 1 aromatic rings. The Balaban J connectivity index is 2.57. The molecule has 0 saturated heterocycles. The number of hydrogen-bond acceptors (Lipinski definition) is 3. The molecular weight excluding hydrogens is 250 g/mol. The van der Waals surface area contributed by atoms with E-state index in [2.05, 4.69) is 37.9 Å². The molecule has 112 valence electrons. The lowest BCUT2D eigenvalue weighted by Crippen LogP contribution is -2.18. The Bertz CT molecular complexity index is 402. The van der Waals surface area contributed by atoms with Gasteiger partial charge in [0, 0.05) is 6.54 Å². The van der Waals surface area contributed by atoms with Crippen molar-refractivity contribution < 1.29 is 9.47 Å². The molecule has 1 N–H and O–H groups in total. The first-order valence-electron chi connectivity index (χ1n) is 7.28. The first-order valence-corrected chi connectivity index (χ1v) is 7.28. The quantitative estimate of drug-likeness (QED) is 0.521. The van der Waals surface area contributed by atoms with Gasteiger partial charge in [-0.05, 0) is 43.0 Å². The molecule has 0 radical (unpaired) electrons. The minimum atomic E-state index is 0.655. The summed E-state index contributed by atoms with van der Waals surface area (Å²) in [7, 11) is 1.67. The molecule has 0 aliphatic carbocycles. The molecule has 0 aliphatic heterocycles. The lowest BCUT2D eigenvalue weighted by Gasteiger charge is -2.13. The van der Waals surface area contributed by atoms with Gasteiger partial charge in [-0.3, -0.25) is 0 Å². The molecule has 1 aromatic carbocycles. The van der Waals surface area contributed by atoms with E-state index in [9.17, 15) is 0 Å². The summed E-state index contributed by atoms with van der Waals surface area (Å²) in [5.74, 6) is 2.26. The largest absolute Gasteiger partial charge is 0.493 e. The van der Waals surface area contributed by atoms with E-state index < -0.39 is 0 Å². The third-order valence-corrected chi connectivity index (χ3v) is 2.92. The number of methoxy groups -OCH3 is 1. The maximum absolute atomic E-state index is 5.80. The molecule has 0 unspecified atom stereocenters. The highest BCUT2D eigenvalue weighted by Crippen LogP contribution is 2.28. The third kappa shape index (κ3) is 6.11. The van der Waals surface area contributed by atoms with Gasteiger partial charge in [0.2, 0.25) is 0 Å². The second-order valence-corrected chi connectivity index (χ2v) is 5.29. The van der Waals surface area contributed by atoms with Gasteiger partial charge in [0.1, 0.15) is 0 Å². The zero-order valence-corrected chi connectivity index (χ0v) is 12.9. The average Bonchev–Trinajstić information content (AvgIpc) is 2.43. The zero-order valence-electron chi connectivity index (χ0n) is 12.9. The molecule has 3 heteroatoms. The normalized spacial score (nSPS) is 10.6. The Morgan fingerprint density at radius 1 is 1.30 bits per heavy atom. The summed E-state index contributed by atoms with van der Waals surface area (Å²) >= 11 is 0. The van der Waals surface area contributed by atoms with Crippen LogP contribution in [0.1, 0.15) is 32.3 Å². The van der Waals surface area contributed by atoms with Crippen molar-refractivity contribution in [3.05, 3.63) is 36.4 Å². The Morgan fingerprint density at radius 2 is 2.10 bits per heavy atom. The van der Waals surface area contributed by atoms with E-state index in [0.717, 1.165) is 37.4 Å². The third-order valence-electron chi connectivity index (χ3n) is 2.92. The molecule has 0 saturated carbocycles. The predicted octanol–water partition coefficient (Wildman–Crippen LogP) is 3.79. The van der Waals surface area contributed by atoms with Crippen molar-refractivity contribution in [2.75, 3.05) is 20.3 Å². The molecule has 0 atom stereocenters. The first kappa shape index (κ1) is 16.6. The molecule has 0 bridgehead atoms. The maximum atomic E-state index is 5.80. The van der Waals surface area contributed by atoms with Crippen LogP contribution in [0.25, 0.3) is 0 Å². The van der Waals surface area contributed by atoms with Crippen LogP contribution in [0.4, 0.5) is 0 Å². The van der Waals surface area contributed by atoms with Crippen molar-refractivity contribution in [2.24, 2.45) is 5.92 Å². The second-order valence-electron chi connectivity index (χ2n) is 5.29. The van der Waals surface area contributed by atoms with Gasteiger partial charge >= 0.3 is 0 Å². The SMILES string of the molecule is C=CCCCOc1cc(CNCC(C)C)ccc1OC. The van der Waals surface area contributed by atoms with Crippen LogP contribution in [0.5, 0.6) is 11.5 Å². The van der Waals surface area contributed by atoms with Crippen LogP contribution >= 0.6 is 0 Å². The van der Waals surface area contributed by atoms with Crippen molar-refractivity contribution in [1.29, 1.82) is 0 Å². The highest BCUT2D eigenvalue weighted by atomic mass is 16.5. The van der Waals surface area contributed by atoms with Gasteiger partial charge in [-0.1, -0.05) is 26.0 Å². The van der Waals surface area contributed by atoms with Crippen LogP contribution in [0, 0.1) is 5.92 Å². The summed E-state index contributed by atoms with van der Waals surface area (Å²) in [6, 6.07) is 6.10. The van der Waals surface area contributed by atoms with E-state index in [1.54, 1.807) is 7.11 Å². The molecule has 0 aromatic heterocycles. The summed E-state index contributed by atoms with van der Waals surface area (Å²) in [4.78, 5) is 0. The van der Waals surface area contributed by atoms with Crippen molar-refractivity contribution in [3.63, 3.8) is 0 Å². The predicted molar refractivity (Wildman–Crippen MR) is 84.5 cm³/mol. The lowest BCUT2D eigenvalue weighted by atomic mass is 10.2. The Hall–Kier alpha value is -1.48. The number of hydrogen-bond donors (Lipinski definition) is 1. The Morgan fingerprint density at radius 3 is 2.75 bits per heavy atom. The van der Waals surface area contributed by atoms with Gasteiger partial charge in [0.15, 0.2) is 11.5 Å². The molecule has 0 aliphatic rings.